The summed E-state index contributed by atoms with van der Waals surface area (Å²) in [6, 6.07) is 25.5. The Morgan fingerprint density at radius 2 is 1.36 bits per heavy atom. The normalized spacial score (nSPS) is 10.5. The fourth-order valence-corrected chi connectivity index (χ4v) is 3.54. The lowest BCUT2D eigenvalue weighted by atomic mass is 10.1. The number of benzene rings is 3. The van der Waals surface area contributed by atoms with Gasteiger partial charge in [0.1, 0.15) is 0 Å². The van der Waals surface area contributed by atoms with Crippen LogP contribution in [0, 0.1) is 13.8 Å². The summed E-state index contributed by atoms with van der Waals surface area (Å²) >= 11 is 0. The van der Waals surface area contributed by atoms with E-state index in [-0.39, 0.29) is 11.9 Å². The summed E-state index contributed by atoms with van der Waals surface area (Å²) in [5.74, 6) is -0.193. The van der Waals surface area contributed by atoms with E-state index in [1.54, 1.807) is 36.4 Å². The summed E-state index contributed by atoms with van der Waals surface area (Å²) < 4.78 is 1.89. The van der Waals surface area contributed by atoms with E-state index in [9.17, 15) is 9.59 Å². The van der Waals surface area contributed by atoms with E-state index in [0.717, 1.165) is 22.6 Å². The Balaban J connectivity index is 1.36. The molecule has 1 heterocycles. The Bertz CT molecular complexity index is 1250. The Labute approximate surface area is 192 Å². The van der Waals surface area contributed by atoms with Crippen molar-refractivity contribution < 1.29 is 9.59 Å². The minimum atomic E-state index is -0.347. The van der Waals surface area contributed by atoms with Crippen LogP contribution >= 0.6 is 0 Å². The highest BCUT2D eigenvalue weighted by Gasteiger charge is 2.14. The van der Waals surface area contributed by atoms with Gasteiger partial charge in [0.25, 0.3) is 5.91 Å². The zero-order valence-corrected chi connectivity index (χ0v) is 18.5. The Kier molecular flexibility index (Phi) is 6.50. The number of anilines is 2. The molecule has 33 heavy (non-hydrogen) atoms. The monoisotopic (exact) mass is 439 g/mol. The molecule has 1 aromatic heterocycles. The van der Waals surface area contributed by atoms with Gasteiger partial charge in [-0.05, 0) is 62.4 Å². The summed E-state index contributed by atoms with van der Waals surface area (Å²) in [7, 11) is 0. The molecule has 7 heteroatoms. The number of para-hydroxylation sites is 2. The van der Waals surface area contributed by atoms with Crippen molar-refractivity contribution in [3.63, 3.8) is 0 Å². The number of urea groups is 1. The molecule has 0 aliphatic carbocycles. The maximum absolute atomic E-state index is 12.7. The number of amides is 3. The summed E-state index contributed by atoms with van der Waals surface area (Å²) in [6.07, 6.45) is 0. The molecule has 0 saturated carbocycles. The molecule has 3 amide bonds. The average Bonchev–Trinajstić information content (AvgIpc) is 3.12. The van der Waals surface area contributed by atoms with Crippen LogP contribution in [0.1, 0.15) is 27.3 Å². The van der Waals surface area contributed by atoms with E-state index >= 15 is 0 Å². The number of aromatic nitrogens is 2. The maximum atomic E-state index is 12.7. The second-order valence-corrected chi connectivity index (χ2v) is 7.60. The maximum Gasteiger partial charge on any atom is 0.323 e. The standard InChI is InChI=1S/C26H25N5O2/c1-18-24(19(2)31(30-18)23-11-7-4-8-12-23)17-27-25(32)20-13-15-22(16-14-20)29-26(33)28-21-9-5-3-6-10-21/h3-16H,17H2,1-2H3,(H,27,32)(H2,28,29,33). The van der Waals surface area contributed by atoms with Crippen LogP contribution in [0.4, 0.5) is 16.2 Å². The van der Waals surface area contributed by atoms with Crippen LogP contribution in [0.15, 0.2) is 84.9 Å². The fraction of sp³-hybridized carbons (Fsp3) is 0.115. The predicted molar refractivity (Wildman–Crippen MR) is 130 cm³/mol. The Hall–Kier alpha value is -4.39. The van der Waals surface area contributed by atoms with E-state index in [1.807, 2.05) is 67.1 Å². The second kappa shape index (κ2) is 9.82. The highest BCUT2D eigenvalue weighted by molar-refractivity contribution is 6.00. The average molecular weight is 440 g/mol. The number of hydrogen-bond acceptors (Lipinski definition) is 3. The predicted octanol–water partition coefficient (Wildman–Crippen LogP) is 5.06. The van der Waals surface area contributed by atoms with Crippen LogP contribution in [-0.4, -0.2) is 21.7 Å². The summed E-state index contributed by atoms with van der Waals surface area (Å²) in [6.45, 7) is 4.31. The zero-order chi connectivity index (χ0) is 23.2. The van der Waals surface area contributed by atoms with Crippen molar-refractivity contribution in [1.82, 2.24) is 15.1 Å². The molecular formula is C26H25N5O2. The number of nitrogens with zero attached hydrogens (tertiary/aromatic N) is 2. The third-order valence-corrected chi connectivity index (χ3v) is 5.30. The molecule has 0 radical (unpaired) electrons. The molecule has 0 unspecified atom stereocenters. The Morgan fingerprint density at radius 1 is 0.788 bits per heavy atom. The van der Waals surface area contributed by atoms with Gasteiger partial charge in [0, 0.05) is 34.7 Å². The van der Waals surface area contributed by atoms with Crippen LogP contribution in [0.5, 0.6) is 0 Å². The highest BCUT2D eigenvalue weighted by atomic mass is 16.2. The lowest BCUT2D eigenvalue weighted by Gasteiger charge is -2.09. The number of nitrogens with one attached hydrogen (secondary N) is 3. The zero-order valence-electron chi connectivity index (χ0n) is 18.5. The van der Waals surface area contributed by atoms with Gasteiger partial charge in [-0.2, -0.15) is 5.10 Å². The Morgan fingerprint density at radius 3 is 2.00 bits per heavy atom. The number of carbonyl (C=O) groups is 2. The largest absolute Gasteiger partial charge is 0.348 e. The van der Waals surface area contributed by atoms with Gasteiger partial charge in [-0.15, -0.1) is 0 Å². The van der Waals surface area contributed by atoms with Crippen molar-refractivity contribution in [2.45, 2.75) is 20.4 Å². The van der Waals surface area contributed by atoms with Gasteiger partial charge in [-0.1, -0.05) is 36.4 Å². The summed E-state index contributed by atoms with van der Waals surface area (Å²) in [5.41, 5.74) is 5.64. The van der Waals surface area contributed by atoms with Crippen LogP contribution in [0.3, 0.4) is 0 Å². The molecule has 0 aliphatic rings. The molecule has 0 saturated heterocycles. The molecule has 0 fully saturated rings. The molecule has 3 N–H and O–H groups in total. The molecule has 4 rings (SSSR count). The first-order valence-electron chi connectivity index (χ1n) is 10.6. The van der Waals surface area contributed by atoms with Crippen molar-refractivity contribution in [3.8, 4) is 5.69 Å². The number of hydrogen-bond donors (Lipinski definition) is 3. The summed E-state index contributed by atoms with van der Waals surface area (Å²) in [5, 5.41) is 13.1. The smallest absolute Gasteiger partial charge is 0.323 e. The first kappa shape index (κ1) is 21.8. The van der Waals surface area contributed by atoms with Gasteiger partial charge in [-0.25, -0.2) is 9.48 Å². The lowest BCUT2D eigenvalue weighted by Crippen LogP contribution is -2.23. The molecule has 166 valence electrons. The van der Waals surface area contributed by atoms with Gasteiger partial charge < -0.3 is 16.0 Å². The molecule has 0 spiro atoms. The van der Waals surface area contributed by atoms with Gasteiger partial charge in [0.2, 0.25) is 0 Å². The SMILES string of the molecule is Cc1nn(-c2ccccc2)c(C)c1CNC(=O)c1ccc(NC(=O)Nc2ccccc2)cc1. The van der Waals surface area contributed by atoms with Crippen LogP contribution in [0.2, 0.25) is 0 Å². The number of aryl methyl sites for hydroxylation is 1. The van der Waals surface area contributed by atoms with Crippen molar-refractivity contribution in [2.75, 3.05) is 10.6 Å². The van der Waals surface area contributed by atoms with E-state index in [1.165, 1.54) is 0 Å². The van der Waals surface area contributed by atoms with Crippen LogP contribution in [-0.2, 0) is 6.54 Å². The van der Waals surface area contributed by atoms with E-state index in [0.29, 0.717) is 23.5 Å². The quantitative estimate of drug-likeness (QED) is 0.392. The third kappa shape index (κ3) is 5.27. The highest BCUT2D eigenvalue weighted by Crippen LogP contribution is 2.18. The van der Waals surface area contributed by atoms with E-state index in [2.05, 4.69) is 21.0 Å². The lowest BCUT2D eigenvalue weighted by molar-refractivity contribution is 0.0951. The fourth-order valence-electron chi connectivity index (χ4n) is 3.54. The molecule has 0 atom stereocenters. The molecule has 4 aromatic rings. The number of rotatable bonds is 6. The topological polar surface area (TPSA) is 88.1 Å². The van der Waals surface area contributed by atoms with Crippen molar-refractivity contribution in [1.29, 1.82) is 0 Å². The van der Waals surface area contributed by atoms with Crippen molar-refractivity contribution >= 4 is 23.3 Å². The van der Waals surface area contributed by atoms with Gasteiger partial charge in [-0.3, -0.25) is 4.79 Å². The molecule has 0 aliphatic heterocycles. The van der Waals surface area contributed by atoms with E-state index < -0.39 is 0 Å². The first-order chi connectivity index (χ1) is 16.0. The van der Waals surface area contributed by atoms with Crippen LogP contribution < -0.4 is 16.0 Å². The number of carbonyl (C=O) groups excluding carboxylic acids is 2. The minimum Gasteiger partial charge on any atom is -0.348 e. The molecule has 3 aromatic carbocycles. The van der Waals surface area contributed by atoms with Crippen molar-refractivity contribution in [2.24, 2.45) is 0 Å². The van der Waals surface area contributed by atoms with E-state index in [4.69, 9.17) is 0 Å². The molecule has 0 bridgehead atoms. The minimum absolute atomic E-state index is 0.193. The van der Waals surface area contributed by atoms with Crippen LogP contribution in [0.25, 0.3) is 5.69 Å². The summed E-state index contributed by atoms with van der Waals surface area (Å²) in [4.78, 5) is 24.8. The van der Waals surface area contributed by atoms with Gasteiger partial charge in [0.05, 0.1) is 11.4 Å². The van der Waals surface area contributed by atoms with Crippen molar-refractivity contribution in [3.05, 3.63) is 107 Å². The van der Waals surface area contributed by atoms with Gasteiger partial charge >= 0.3 is 6.03 Å². The second-order valence-electron chi connectivity index (χ2n) is 7.60. The van der Waals surface area contributed by atoms with Gasteiger partial charge in [0.15, 0.2) is 0 Å². The third-order valence-electron chi connectivity index (χ3n) is 5.30. The molecule has 7 nitrogen and oxygen atoms in total. The molecular weight excluding hydrogens is 414 g/mol. The first-order valence-corrected chi connectivity index (χ1v) is 10.6.